The summed E-state index contributed by atoms with van der Waals surface area (Å²) in [6.07, 6.45) is 0.0416. The first kappa shape index (κ1) is 17.9. The number of amides is 1. The van der Waals surface area contributed by atoms with Gasteiger partial charge in [-0.15, -0.1) is 0 Å². The second-order valence-corrected chi connectivity index (χ2v) is 6.47. The Morgan fingerprint density at radius 1 is 1.21 bits per heavy atom. The van der Waals surface area contributed by atoms with Gasteiger partial charge in [0.1, 0.15) is 5.69 Å². The van der Waals surface area contributed by atoms with Crippen LogP contribution in [-0.2, 0) is 4.74 Å². The van der Waals surface area contributed by atoms with Gasteiger partial charge in [-0.2, -0.15) is 5.10 Å². The molecule has 2 heterocycles. The summed E-state index contributed by atoms with van der Waals surface area (Å²) in [5, 5.41) is 13.1. The van der Waals surface area contributed by atoms with Crippen LogP contribution in [0.2, 0.25) is 0 Å². The molecular formula is C21H19N5O2. The van der Waals surface area contributed by atoms with E-state index in [0.29, 0.717) is 29.4 Å². The Bertz CT molecular complexity index is 1010. The molecule has 1 fully saturated rings. The lowest BCUT2D eigenvalue weighted by molar-refractivity contribution is 0.0277. The lowest BCUT2D eigenvalue weighted by Crippen LogP contribution is -2.33. The molecule has 3 aromatic rings. The molecule has 3 N–H and O–H groups in total. The zero-order valence-corrected chi connectivity index (χ0v) is 15.1. The van der Waals surface area contributed by atoms with Gasteiger partial charge in [0.2, 0.25) is 0 Å². The average Bonchev–Trinajstić information content (AvgIpc) is 3.25. The van der Waals surface area contributed by atoms with Crippen LogP contribution in [0.5, 0.6) is 0 Å². The molecule has 0 radical (unpaired) electrons. The van der Waals surface area contributed by atoms with Crippen LogP contribution in [0.25, 0.3) is 16.1 Å². The molecule has 1 aliphatic heterocycles. The molecule has 7 heteroatoms. The molecule has 2 aromatic carbocycles. The second kappa shape index (κ2) is 8.05. The summed E-state index contributed by atoms with van der Waals surface area (Å²) in [5.74, 6) is -0.275. The Balaban J connectivity index is 1.44. The van der Waals surface area contributed by atoms with E-state index in [1.807, 2.05) is 30.3 Å². The van der Waals surface area contributed by atoms with Gasteiger partial charge in [-0.05, 0) is 35.4 Å². The van der Waals surface area contributed by atoms with Gasteiger partial charge in [0.05, 0.1) is 25.0 Å². The van der Waals surface area contributed by atoms with Crippen LogP contribution >= 0.6 is 0 Å². The van der Waals surface area contributed by atoms with Crippen molar-refractivity contribution in [2.45, 2.75) is 6.10 Å². The number of aromatic nitrogens is 2. The zero-order chi connectivity index (χ0) is 19.3. The highest BCUT2D eigenvalue weighted by atomic mass is 16.5. The van der Waals surface area contributed by atoms with Crippen LogP contribution < -0.4 is 10.6 Å². The van der Waals surface area contributed by atoms with Crippen molar-refractivity contribution in [2.75, 3.05) is 25.0 Å². The maximum absolute atomic E-state index is 12.5. The van der Waals surface area contributed by atoms with Crippen LogP contribution in [0.15, 0.2) is 54.6 Å². The van der Waals surface area contributed by atoms with E-state index in [2.05, 4.69) is 25.7 Å². The number of aromatic amines is 1. The Hall–Kier alpha value is -3.47. The SMILES string of the molecule is [C-]#[N+]c1cccc(-c2cc(C(=O)Nc3ccc([C@H]4CNCCO4)cc3)[nH]n2)c1. The minimum Gasteiger partial charge on any atom is -0.371 e. The Labute approximate surface area is 162 Å². The first-order valence-corrected chi connectivity index (χ1v) is 9.00. The number of H-pyrrole nitrogens is 1. The summed E-state index contributed by atoms with van der Waals surface area (Å²) < 4.78 is 5.73. The third kappa shape index (κ3) is 3.93. The van der Waals surface area contributed by atoms with E-state index in [1.165, 1.54) is 0 Å². The summed E-state index contributed by atoms with van der Waals surface area (Å²) in [5.41, 5.74) is 4.07. The van der Waals surface area contributed by atoms with Crippen molar-refractivity contribution in [3.05, 3.63) is 77.3 Å². The number of rotatable bonds is 4. The van der Waals surface area contributed by atoms with E-state index in [1.54, 1.807) is 24.3 Å². The summed E-state index contributed by atoms with van der Waals surface area (Å²) in [6.45, 7) is 9.46. The topological polar surface area (TPSA) is 83.4 Å². The lowest BCUT2D eigenvalue weighted by Gasteiger charge is -2.24. The third-order valence-corrected chi connectivity index (χ3v) is 4.56. The van der Waals surface area contributed by atoms with Gasteiger partial charge >= 0.3 is 0 Å². The number of morpholine rings is 1. The molecule has 1 aromatic heterocycles. The van der Waals surface area contributed by atoms with Crippen molar-refractivity contribution in [2.24, 2.45) is 0 Å². The molecule has 0 aliphatic carbocycles. The molecule has 1 amide bonds. The van der Waals surface area contributed by atoms with Crippen molar-refractivity contribution in [1.29, 1.82) is 0 Å². The number of carbonyl (C=O) groups is 1. The van der Waals surface area contributed by atoms with Crippen molar-refractivity contribution >= 4 is 17.3 Å². The van der Waals surface area contributed by atoms with Crippen molar-refractivity contribution in [1.82, 2.24) is 15.5 Å². The lowest BCUT2D eigenvalue weighted by atomic mass is 10.1. The van der Waals surface area contributed by atoms with Gasteiger partial charge in [0.15, 0.2) is 5.69 Å². The maximum Gasteiger partial charge on any atom is 0.273 e. The van der Waals surface area contributed by atoms with E-state index >= 15 is 0 Å². The first-order chi connectivity index (χ1) is 13.7. The van der Waals surface area contributed by atoms with Gasteiger partial charge < -0.3 is 15.4 Å². The number of hydrogen-bond acceptors (Lipinski definition) is 4. The van der Waals surface area contributed by atoms with E-state index in [0.717, 1.165) is 24.2 Å². The maximum atomic E-state index is 12.5. The monoisotopic (exact) mass is 373 g/mol. The van der Waals surface area contributed by atoms with Gasteiger partial charge in [-0.25, -0.2) is 4.85 Å². The highest BCUT2D eigenvalue weighted by molar-refractivity contribution is 6.03. The predicted molar refractivity (Wildman–Crippen MR) is 106 cm³/mol. The third-order valence-electron chi connectivity index (χ3n) is 4.56. The minimum absolute atomic E-state index is 0.0416. The normalized spacial score (nSPS) is 16.3. The summed E-state index contributed by atoms with van der Waals surface area (Å²) in [7, 11) is 0. The number of ether oxygens (including phenoxy) is 1. The van der Waals surface area contributed by atoms with Crippen molar-refractivity contribution in [3.8, 4) is 11.3 Å². The number of benzene rings is 2. The summed E-state index contributed by atoms with van der Waals surface area (Å²) in [4.78, 5) is 15.9. The summed E-state index contributed by atoms with van der Waals surface area (Å²) >= 11 is 0. The van der Waals surface area contributed by atoms with Crippen LogP contribution in [-0.4, -0.2) is 35.8 Å². The number of nitrogens with zero attached hydrogens (tertiary/aromatic N) is 2. The fraction of sp³-hybridized carbons (Fsp3) is 0.190. The molecule has 0 unspecified atom stereocenters. The fourth-order valence-electron chi connectivity index (χ4n) is 3.08. The predicted octanol–water partition coefficient (Wildman–Crippen LogP) is 3.54. The molecular weight excluding hydrogens is 354 g/mol. The van der Waals surface area contributed by atoms with E-state index in [4.69, 9.17) is 11.3 Å². The van der Waals surface area contributed by atoms with Crippen LogP contribution in [0, 0.1) is 6.57 Å². The molecule has 28 heavy (non-hydrogen) atoms. The van der Waals surface area contributed by atoms with Gasteiger partial charge in [0, 0.05) is 18.8 Å². The van der Waals surface area contributed by atoms with Crippen LogP contribution in [0.4, 0.5) is 11.4 Å². The average molecular weight is 373 g/mol. The molecule has 4 rings (SSSR count). The second-order valence-electron chi connectivity index (χ2n) is 6.47. The number of anilines is 1. The summed E-state index contributed by atoms with van der Waals surface area (Å²) in [6, 6.07) is 16.4. The van der Waals surface area contributed by atoms with Crippen LogP contribution in [0.3, 0.4) is 0 Å². The largest absolute Gasteiger partial charge is 0.371 e. The van der Waals surface area contributed by atoms with E-state index in [9.17, 15) is 4.79 Å². The molecule has 1 aliphatic rings. The van der Waals surface area contributed by atoms with Crippen molar-refractivity contribution < 1.29 is 9.53 Å². The molecule has 0 spiro atoms. The number of carbonyl (C=O) groups excluding carboxylic acids is 1. The highest BCUT2D eigenvalue weighted by Gasteiger charge is 2.16. The van der Waals surface area contributed by atoms with E-state index in [-0.39, 0.29) is 12.0 Å². The molecule has 1 saturated heterocycles. The molecule has 140 valence electrons. The Morgan fingerprint density at radius 2 is 2.07 bits per heavy atom. The Kier molecular flexibility index (Phi) is 5.15. The first-order valence-electron chi connectivity index (χ1n) is 9.00. The molecule has 1 atom stereocenters. The quantitative estimate of drug-likeness (QED) is 0.611. The number of nitrogens with one attached hydrogen (secondary N) is 3. The molecule has 7 nitrogen and oxygen atoms in total. The van der Waals surface area contributed by atoms with Gasteiger partial charge in [-0.1, -0.05) is 30.3 Å². The number of hydrogen-bond donors (Lipinski definition) is 3. The minimum atomic E-state index is -0.275. The standard InChI is InChI=1S/C21H19N5O2/c1-22-17-4-2-3-15(11-17)18-12-19(26-25-18)21(27)24-16-7-5-14(6-8-16)20-13-23-9-10-28-20/h2-8,11-12,20,23H,9-10,13H2,(H,24,27)(H,25,26)/t20-/m1/s1. The smallest absolute Gasteiger partial charge is 0.273 e. The van der Waals surface area contributed by atoms with Gasteiger partial charge in [-0.3, -0.25) is 9.89 Å². The van der Waals surface area contributed by atoms with Crippen LogP contribution in [0.1, 0.15) is 22.2 Å². The van der Waals surface area contributed by atoms with Crippen molar-refractivity contribution in [3.63, 3.8) is 0 Å². The Morgan fingerprint density at radius 3 is 2.82 bits per heavy atom. The van der Waals surface area contributed by atoms with Gasteiger partial charge in [0.25, 0.3) is 5.91 Å². The fourth-order valence-corrected chi connectivity index (χ4v) is 3.08. The zero-order valence-electron chi connectivity index (χ0n) is 15.1. The highest BCUT2D eigenvalue weighted by Crippen LogP contribution is 2.24. The molecule has 0 bridgehead atoms. The molecule has 0 saturated carbocycles. The van der Waals surface area contributed by atoms with E-state index < -0.39 is 0 Å².